The lowest BCUT2D eigenvalue weighted by Crippen LogP contribution is -2.29. The monoisotopic (exact) mass is 437 g/mol. The first-order valence-electron chi connectivity index (χ1n) is 11.8. The van der Waals surface area contributed by atoms with Crippen molar-refractivity contribution in [2.75, 3.05) is 17.2 Å². The van der Waals surface area contributed by atoms with Gasteiger partial charge in [-0.05, 0) is 71.2 Å². The minimum absolute atomic E-state index is 0.132. The normalized spacial score (nSPS) is 13.9. The van der Waals surface area contributed by atoms with Crippen LogP contribution >= 0.6 is 0 Å². The highest BCUT2D eigenvalue weighted by Crippen LogP contribution is 2.35. The van der Waals surface area contributed by atoms with Crippen LogP contribution in [0.4, 0.5) is 11.6 Å². The van der Waals surface area contributed by atoms with Gasteiger partial charge in [0.25, 0.3) is 0 Å². The summed E-state index contributed by atoms with van der Waals surface area (Å²) in [6.45, 7) is 25.8. The summed E-state index contributed by atoms with van der Waals surface area (Å²) in [5, 5.41) is 6.93. The predicted octanol–water partition coefficient (Wildman–Crippen LogP) is 7.69. The Morgan fingerprint density at radius 2 is 1.94 bits per heavy atom. The van der Waals surface area contributed by atoms with Crippen molar-refractivity contribution in [1.82, 2.24) is 9.88 Å². The van der Waals surface area contributed by atoms with Gasteiger partial charge in [0.15, 0.2) is 0 Å². The van der Waals surface area contributed by atoms with Crippen molar-refractivity contribution in [2.45, 2.75) is 80.2 Å². The molecule has 0 fully saturated rings. The molecule has 0 spiro atoms. The SMILES string of the molecule is C=CN=C(/C=C(\C)CCCC)Nc1cc2c(c(NC(C)(C)C)n1)C(=C)N(CC)C=C2.CC. The highest BCUT2D eigenvalue weighted by atomic mass is 15.2. The Balaban J connectivity index is 0.00000249. The van der Waals surface area contributed by atoms with E-state index in [4.69, 9.17) is 4.98 Å². The summed E-state index contributed by atoms with van der Waals surface area (Å²) in [6, 6.07) is 2.05. The van der Waals surface area contributed by atoms with E-state index in [-0.39, 0.29) is 5.54 Å². The van der Waals surface area contributed by atoms with Crippen LogP contribution < -0.4 is 10.6 Å². The molecular weight excluding hydrogens is 394 g/mol. The summed E-state index contributed by atoms with van der Waals surface area (Å²) in [5.74, 6) is 2.30. The maximum Gasteiger partial charge on any atom is 0.138 e. The number of aromatic nitrogens is 1. The van der Waals surface area contributed by atoms with E-state index in [0.717, 1.165) is 47.3 Å². The van der Waals surface area contributed by atoms with Gasteiger partial charge in [-0.25, -0.2) is 9.98 Å². The summed E-state index contributed by atoms with van der Waals surface area (Å²) in [7, 11) is 0. The van der Waals surface area contributed by atoms with Gasteiger partial charge in [0, 0.05) is 35.7 Å². The second-order valence-corrected chi connectivity index (χ2v) is 8.66. The molecular formula is C27H43N5. The lowest BCUT2D eigenvalue weighted by atomic mass is 10.0. The molecule has 0 aliphatic carbocycles. The average Bonchev–Trinajstić information content (AvgIpc) is 2.72. The van der Waals surface area contributed by atoms with Crippen molar-refractivity contribution >= 4 is 29.2 Å². The van der Waals surface area contributed by atoms with Crippen LogP contribution in [-0.4, -0.2) is 27.8 Å². The number of nitrogens with zero attached hydrogens (tertiary/aromatic N) is 3. The molecule has 1 aliphatic heterocycles. The van der Waals surface area contributed by atoms with Crippen LogP contribution in [0.3, 0.4) is 0 Å². The minimum Gasteiger partial charge on any atom is -0.365 e. The largest absolute Gasteiger partial charge is 0.365 e. The van der Waals surface area contributed by atoms with E-state index in [0.29, 0.717) is 0 Å². The molecule has 2 heterocycles. The first-order chi connectivity index (χ1) is 15.2. The number of nitrogens with one attached hydrogen (secondary N) is 2. The number of hydrogen-bond donors (Lipinski definition) is 2. The Labute approximate surface area is 196 Å². The molecule has 0 unspecified atom stereocenters. The Morgan fingerprint density at radius 3 is 2.50 bits per heavy atom. The molecule has 2 rings (SSSR count). The molecule has 0 bridgehead atoms. The van der Waals surface area contributed by atoms with E-state index >= 15 is 0 Å². The Morgan fingerprint density at radius 1 is 1.25 bits per heavy atom. The molecule has 0 atom stereocenters. The fourth-order valence-corrected chi connectivity index (χ4v) is 3.31. The van der Waals surface area contributed by atoms with Crippen LogP contribution in [0.1, 0.15) is 85.8 Å². The molecule has 32 heavy (non-hydrogen) atoms. The average molecular weight is 438 g/mol. The number of fused-ring (bicyclic) bond motifs is 1. The van der Waals surface area contributed by atoms with Crippen LogP contribution in [0.25, 0.3) is 11.8 Å². The van der Waals surface area contributed by atoms with Gasteiger partial charge in [-0.2, -0.15) is 0 Å². The molecule has 2 N–H and O–H groups in total. The van der Waals surface area contributed by atoms with Crippen molar-refractivity contribution in [3.63, 3.8) is 0 Å². The summed E-state index contributed by atoms with van der Waals surface area (Å²) in [5.41, 5.74) is 4.22. The summed E-state index contributed by atoms with van der Waals surface area (Å²) < 4.78 is 0. The summed E-state index contributed by atoms with van der Waals surface area (Å²) in [6.07, 6.45) is 11.2. The van der Waals surface area contributed by atoms with Crippen molar-refractivity contribution < 1.29 is 0 Å². The highest BCUT2D eigenvalue weighted by molar-refractivity contribution is 6.04. The Bertz CT molecular complexity index is 869. The van der Waals surface area contributed by atoms with Gasteiger partial charge in [0.2, 0.25) is 0 Å². The van der Waals surface area contributed by atoms with Gasteiger partial charge in [-0.15, -0.1) is 0 Å². The lowest BCUT2D eigenvalue weighted by Gasteiger charge is -2.31. The Hall–Kier alpha value is -2.82. The molecule has 176 valence electrons. The van der Waals surface area contributed by atoms with Gasteiger partial charge in [-0.3, -0.25) is 0 Å². The maximum atomic E-state index is 4.89. The standard InChI is InChI=1S/C25H37N5.C2H6/c1-9-12-13-18(4)16-21(26-10-2)27-22-17-20-14-15-30(11-3)19(5)23(20)24(28-22)29-25(6,7)8;1-2/h10,14-17H,2,5,9,11-13H2,1,3-4,6-8H3,(H2,26,27,28,29);1-2H3/b18-16+;. The Kier molecular flexibility index (Phi) is 11.0. The predicted molar refractivity (Wildman–Crippen MR) is 144 cm³/mol. The fourth-order valence-electron chi connectivity index (χ4n) is 3.31. The quantitative estimate of drug-likeness (QED) is 0.323. The van der Waals surface area contributed by atoms with Gasteiger partial charge < -0.3 is 15.5 Å². The van der Waals surface area contributed by atoms with Crippen LogP contribution in [0.5, 0.6) is 0 Å². The molecule has 5 nitrogen and oxygen atoms in total. The second kappa shape index (κ2) is 12.9. The van der Waals surface area contributed by atoms with Crippen LogP contribution in [0.2, 0.25) is 0 Å². The number of amidine groups is 1. The molecule has 1 aromatic heterocycles. The number of unbranched alkanes of at least 4 members (excludes halogenated alkanes) is 1. The highest BCUT2D eigenvalue weighted by Gasteiger charge is 2.23. The smallest absolute Gasteiger partial charge is 0.138 e. The maximum absolute atomic E-state index is 4.89. The molecule has 1 aromatic rings. The third-order valence-corrected chi connectivity index (χ3v) is 4.75. The molecule has 5 heteroatoms. The second-order valence-electron chi connectivity index (χ2n) is 8.66. The van der Waals surface area contributed by atoms with Crippen molar-refractivity contribution in [3.05, 3.63) is 54.4 Å². The molecule has 0 radical (unpaired) electrons. The third kappa shape index (κ3) is 8.03. The van der Waals surface area contributed by atoms with E-state index in [1.165, 1.54) is 18.4 Å². The van der Waals surface area contributed by atoms with Gasteiger partial charge in [-0.1, -0.05) is 45.9 Å². The number of rotatable bonds is 8. The van der Waals surface area contributed by atoms with E-state index in [1.807, 2.05) is 19.9 Å². The van der Waals surface area contributed by atoms with E-state index in [1.54, 1.807) is 6.20 Å². The molecule has 0 aromatic carbocycles. The molecule has 0 saturated carbocycles. The van der Waals surface area contributed by atoms with Crippen molar-refractivity contribution in [1.29, 1.82) is 0 Å². The fraction of sp³-hybridized carbons (Fsp3) is 0.481. The zero-order chi connectivity index (χ0) is 24.3. The minimum atomic E-state index is -0.132. The van der Waals surface area contributed by atoms with E-state index in [9.17, 15) is 0 Å². The summed E-state index contributed by atoms with van der Waals surface area (Å²) in [4.78, 5) is 11.4. The number of hydrogen-bond acceptors (Lipinski definition) is 4. The van der Waals surface area contributed by atoms with Crippen molar-refractivity contribution in [2.24, 2.45) is 4.99 Å². The van der Waals surface area contributed by atoms with Crippen LogP contribution in [0, 0.1) is 0 Å². The third-order valence-electron chi connectivity index (χ3n) is 4.75. The lowest BCUT2D eigenvalue weighted by molar-refractivity contribution is 0.562. The number of aliphatic imine (C=N–C) groups is 1. The topological polar surface area (TPSA) is 52.6 Å². The van der Waals surface area contributed by atoms with Gasteiger partial charge in [0.1, 0.15) is 17.5 Å². The molecule has 0 saturated heterocycles. The van der Waals surface area contributed by atoms with Crippen LogP contribution in [-0.2, 0) is 0 Å². The first kappa shape index (κ1) is 27.2. The van der Waals surface area contributed by atoms with Gasteiger partial charge >= 0.3 is 0 Å². The number of anilines is 2. The van der Waals surface area contributed by atoms with Gasteiger partial charge in [0.05, 0.1) is 0 Å². The molecule has 0 amide bonds. The van der Waals surface area contributed by atoms with E-state index < -0.39 is 0 Å². The zero-order valence-corrected chi connectivity index (χ0v) is 21.5. The van der Waals surface area contributed by atoms with Crippen molar-refractivity contribution in [3.8, 4) is 0 Å². The van der Waals surface area contributed by atoms with Crippen LogP contribution in [0.15, 0.2) is 48.3 Å². The summed E-state index contributed by atoms with van der Waals surface area (Å²) >= 11 is 0. The zero-order valence-electron chi connectivity index (χ0n) is 21.5. The van der Waals surface area contributed by atoms with E-state index in [2.05, 4.69) is 93.6 Å². The first-order valence-corrected chi connectivity index (χ1v) is 11.8. The molecule has 1 aliphatic rings. The number of allylic oxidation sites excluding steroid dienone is 1. The number of pyridine rings is 1.